The van der Waals surface area contributed by atoms with Gasteiger partial charge in [0, 0.05) is 11.9 Å². The zero-order chi connectivity index (χ0) is 9.26. The van der Waals surface area contributed by atoms with Gasteiger partial charge >= 0.3 is 0 Å². The van der Waals surface area contributed by atoms with E-state index in [9.17, 15) is 0 Å². The Morgan fingerprint density at radius 2 is 2.08 bits per heavy atom. The van der Waals surface area contributed by atoms with Crippen LogP contribution in [0, 0.1) is 13.8 Å². The molecule has 0 atom stereocenters. The molecule has 0 saturated heterocycles. The third-order valence-electron chi connectivity index (χ3n) is 1.84. The molecule has 0 aliphatic heterocycles. The average molecular weight is 173 g/mol. The van der Waals surface area contributed by atoms with Crippen LogP contribution in [-0.4, -0.2) is 15.0 Å². The van der Waals surface area contributed by atoms with E-state index in [2.05, 4.69) is 15.0 Å². The third-order valence-corrected chi connectivity index (χ3v) is 1.84. The molecule has 0 fully saturated rings. The predicted octanol–water partition coefficient (Wildman–Crippen LogP) is 2.09. The Kier molecular flexibility index (Phi) is 1.85. The smallest absolute Gasteiger partial charge is 0.126 e. The van der Waals surface area contributed by atoms with Crippen LogP contribution in [0.3, 0.4) is 0 Å². The van der Waals surface area contributed by atoms with Crippen molar-refractivity contribution in [1.29, 1.82) is 0 Å². The van der Waals surface area contributed by atoms with Gasteiger partial charge in [-0.2, -0.15) is 0 Å². The number of aromatic nitrogens is 3. The summed E-state index contributed by atoms with van der Waals surface area (Å²) in [7, 11) is 0. The fourth-order valence-electron chi connectivity index (χ4n) is 1.34. The van der Waals surface area contributed by atoms with E-state index in [1.54, 1.807) is 0 Å². The van der Waals surface area contributed by atoms with Crippen LogP contribution in [0.25, 0.3) is 11.4 Å². The Morgan fingerprint density at radius 3 is 2.69 bits per heavy atom. The Labute approximate surface area is 76.9 Å². The Morgan fingerprint density at radius 1 is 1.23 bits per heavy atom. The summed E-state index contributed by atoms with van der Waals surface area (Å²) in [5, 5.41) is 0. The van der Waals surface area contributed by atoms with Gasteiger partial charge in [0.05, 0.1) is 11.4 Å². The van der Waals surface area contributed by atoms with E-state index >= 15 is 0 Å². The summed E-state index contributed by atoms with van der Waals surface area (Å²) in [6.45, 7) is 3.88. The molecule has 1 N–H and O–H groups in total. The van der Waals surface area contributed by atoms with Crippen molar-refractivity contribution in [3.05, 3.63) is 35.9 Å². The van der Waals surface area contributed by atoms with Gasteiger partial charge in [-0.05, 0) is 32.0 Å². The first kappa shape index (κ1) is 7.98. The number of rotatable bonds is 1. The van der Waals surface area contributed by atoms with Crippen molar-refractivity contribution < 1.29 is 0 Å². The standard InChI is InChI=1S/C10H11N3/c1-7-6-10(13-8(2)12-7)9-4-3-5-11-9/h3-6,11H,1-2H3. The molecule has 0 amide bonds. The van der Waals surface area contributed by atoms with Crippen molar-refractivity contribution in [3.8, 4) is 11.4 Å². The maximum Gasteiger partial charge on any atom is 0.126 e. The van der Waals surface area contributed by atoms with Crippen LogP contribution < -0.4 is 0 Å². The molecule has 0 bridgehead atoms. The van der Waals surface area contributed by atoms with Crippen molar-refractivity contribution in [2.24, 2.45) is 0 Å². The third kappa shape index (κ3) is 1.59. The second kappa shape index (κ2) is 3.01. The maximum absolute atomic E-state index is 4.33. The first-order valence-corrected chi connectivity index (χ1v) is 4.22. The van der Waals surface area contributed by atoms with E-state index in [1.807, 2.05) is 38.2 Å². The lowest BCUT2D eigenvalue weighted by Crippen LogP contribution is -1.93. The summed E-state index contributed by atoms with van der Waals surface area (Å²) in [5.41, 5.74) is 2.99. The molecule has 0 saturated carbocycles. The second-order valence-corrected chi connectivity index (χ2v) is 3.03. The molecule has 0 aromatic carbocycles. The van der Waals surface area contributed by atoms with Gasteiger partial charge in [0.15, 0.2) is 0 Å². The number of hydrogen-bond donors (Lipinski definition) is 1. The van der Waals surface area contributed by atoms with Gasteiger partial charge in [-0.1, -0.05) is 0 Å². The first-order chi connectivity index (χ1) is 6.25. The number of hydrogen-bond acceptors (Lipinski definition) is 2. The summed E-state index contributed by atoms with van der Waals surface area (Å²) in [6.07, 6.45) is 1.89. The van der Waals surface area contributed by atoms with Crippen LogP contribution in [0.15, 0.2) is 24.4 Å². The van der Waals surface area contributed by atoms with Crippen molar-refractivity contribution in [3.63, 3.8) is 0 Å². The zero-order valence-corrected chi connectivity index (χ0v) is 7.70. The maximum atomic E-state index is 4.33. The quantitative estimate of drug-likeness (QED) is 0.717. The lowest BCUT2D eigenvalue weighted by molar-refractivity contribution is 1.01. The SMILES string of the molecule is Cc1cc(-c2ccc[nH]2)nc(C)n1. The molecule has 0 spiro atoms. The molecular weight excluding hydrogens is 162 g/mol. The van der Waals surface area contributed by atoms with Crippen LogP contribution in [0.2, 0.25) is 0 Å². The molecule has 0 unspecified atom stereocenters. The van der Waals surface area contributed by atoms with E-state index in [1.165, 1.54) is 0 Å². The Hall–Kier alpha value is -1.64. The minimum Gasteiger partial charge on any atom is -0.360 e. The Bertz CT molecular complexity index is 384. The van der Waals surface area contributed by atoms with Crippen LogP contribution in [-0.2, 0) is 0 Å². The van der Waals surface area contributed by atoms with E-state index < -0.39 is 0 Å². The normalized spacial score (nSPS) is 10.3. The number of aryl methyl sites for hydroxylation is 2. The highest BCUT2D eigenvalue weighted by Gasteiger charge is 2.01. The van der Waals surface area contributed by atoms with Crippen LogP contribution in [0.4, 0.5) is 0 Å². The Balaban J connectivity index is 2.53. The average Bonchev–Trinajstić information content (AvgIpc) is 2.53. The zero-order valence-electron chi connectivity index (χ0n) is 7.70. The fraction of sp³-hybridized carbons (Fsp3) is 0.200. The number of nitrogens with zero attached hydrogens (tertiary/aromatic N) is 2. The summed E-state index contributed by atoms with van der Waals surface area (Å²) >= 11 is 0. The largest absolute Gasteiger partial charge is 0.360 e. The molecule has 2 heterocycles. The molecule has 0 aliphatic rings. The van der Waals surface area contributed by atoms with E-state index in [0.717, 1.165) is 22.9 Å². The highest BCUT2D eigenvalue weighted by Crippen LogP contribution is 2.14. The molecule has 66 valence electrons. The van der Waals surface area contributed by atoms with Gasteiger partial charge in [0.25, 0.3) is 0 Å². The van der Waals surface area contributed by atoms with Crippen molar-refractivity contribution in [1.82, 2.24) is 15.0 Å². The number of H-pyrrole nitrogens is 1. The van der Waals surface area contributed by atoms with Crippen LogP contribution in [0.5, 0.6) is 0 Å². The summed E-state index contributed by atoms with van der Waals surface area (Å²) in [5.74, 6) is 0.810. The number of aromatic amines is 1. The van der Waals surface area contributed by atoms with E-state index in [0.29, 0.717) is 0 Å². The summed E-state index contributed by atoms with van der Waals surface area (Å²) < 4.78 is 0. The molecule has 3 nitrogen and oxygen atoms in total. The molecule has 3 heteroatoms. The molecule has 13 heavy (non-hydrogen) atoms. The first-order valence-electron chi connectivity index (χ1n) is 4.22. The minimum atomic E-state index is 0.810. The molecule has 0 aliphatic carbocycles. The van der Waals surface area contributed by atoms with Gasteiger partial charge < -0.3 is 4.98 Å². The predicted molar refractivity (Wildman–Crippen MR) is 51.3 cm³/mol. The van der Waals surface area contributed by atoms with Gasteiger partial charge in [0.2, 0.25) is 0 Å². The molecule has 2 rings (SSSR count). The van der Waals surface area contributed by atoms with Crippen molar-refractivity contribution in [2.75, 3.05) is 0 Å². The highest BCUT2D eigenvalue weighted by molar-refractivity contribution is 5.54. The van der Waals surface area contributed by atoms with E-state index in [-0.39, 0.29) is 0 Å². The molecule has 0 radical (unpaired) electrons. The molecular formula is C10H11N3. The second-order valence-electron chi connectivity index (χ2n) is 3.03. The van der Waals surface area contributed by atoms with Crippen molar-refractivity contribution in [2.45, 2.75) is 13.8 Å². The van der Waals surface area contributed by atoms with Gasteiger partial charge in [0.1, 0.15) is 5.82 Å². The van der Waals surface area contributed by atoms with Crippen LogP contribution >= 0.6 is 0 Å². The van der Waals surface area contributed by atoms with Crippen molar-refractivity contribution >= 4 is 0 Å². The monoisotopic (exact) mass is 173 g/mol. The van der Waals surface area contributed by atoms with Gasteiger partial charge in [-0.25, -0.2) is 9.97 Å². The highest BCUT2D eigenvalue weighted by atomic mass is 14.9. The fourth-order valence-corrected chi connectivity index (χ4v) is 1.34. The van der Waals surface area contributed by atoms with E-state index in [4.69, 9.17) is 0 Å². The molecule has 2 aromatic heterocycles. The van der Waals surface area contributed by atoms with Gasteiger partial charge in [-0.3, -0.25) is 0 Å². The number of nitrogens with one attached hydrogen (secondary N) is 1. The summed E-state index contributed by atoms with van der Waals surface area (Å²) in [4.78, 5) is 11.7. The molecule has 2 aromatic rings. The topological polar surface area (TPSA) is 41.6 Å². The lowest BCUT2D eigenvalue weighted by Gasteiger charge is -2.00. The lowest BCUT2D eigenvalue weighted by atomic mass is 10.2. The summed E-state index contributed by atoms with van der Waals surface area (Å²) in [6, 6.07) is 5.93. The minimum absolute atomic E-state index is 0.810. The van der Waals surface area contributed by atoms with Crippen LogP contribution in [0.1, 0.15) is 11.5 Å². The van der Waals surface area contributed by atoms with Gasteiger partial charge in [-0.15, -0.1) is 0 Å².